The van der Waals surface area contributed by atoms with Crippen molar-refractivity contribution in [2.45, 2.75) is 13.5 Å². The maximum atomic E-state index is 12.0. The van der Waals surface area contributed by atoms with Gasteiger partial charge in [-0.25, -0.2) is 4.98 Å². The lowest BCUT2D eigenvalue weighted by Crippen LogP contribution is -2.16. The molecule has 94 valence electrons. The number of nitrogens with two attached hydrogens (primary N) is 1. The minimum atomic E-state index is -0.224. The van der Waals surface area contributed by atoms with Crippen molar-refractivity contribution in [3.8, 4) is 0 Å². The summed E-state index contributed by atoms with van der Waals surface area (Å²) in [5, 5.41) is 3.12. The lowest BCUT2D eigenvalue weighted by atomic mass is 10.3. The number of nitrogens with zero attached hydrogens (tertiary/aromatic N) is 2. The molecule has 0 aliphatic carbocycles. The number of aryl methyl sites for hydroxylation is 1. The standard InChI is InChI=1S/C12H13ClN4O/c1-2-17-7-8(14)5-10(17)12(18)16-9-3-4-11(13)15-6-9/h3-7H,2,14H2,1H3,(H,16,18). The Hall–Kier alpha value is -2.01. The summed E-state index contributed by atoms with van der Waals surface area (Å²) in [6.07, 6.45) is 3.23. The smallest absolute Gasteiger partial charge is 0.272 e. The van der Waals surface area contributed by atoms with E-state index in [1.807, 2.05) is 6.92 Å². The van der Waals surface area contributed by atoms with Crippen LogP contribution in [-0.2, 0) is 6.54 Å². The number of nitrogen functional groups attached to an aromatic ring is 1. The molecule has 0 fully saturated rings. The summed E-state index contributed by atoms with van der Waals surface area (Å²) in [6, 6.07) is 4.95. The van der Waals surface area contributed by atoms with Gasteiger partial charge in [-0.2, -0.15) is 0 Å². The summed E-state index contributed by atoms with van der Waals surface area (Å²) in [4.78, 5) is 15.9. The monoisotopic (exact) mass is 264 g/mol. The second-order valence-corrected chi connectivity index (χ2v) is 4.16. The van der Waals surface area contributed by atoms with Crippen LogP contribution < -0.4 is 11.1 Å². The molecule has 0 aliphatic heterocycles. The van der Waals surface area contributed by atoms with E-state index in [0.717, 1.165) is 0 Å². The van der Waals surface area contributed by atoms with Crippen LogP contribution in [0.3, 0.4) is 0 Å². The molecule has 2 aromatic heterocycles. The predicted molar refractivity (Wildman–Crippen MR) is 71.7 cm³/mol. The Kier molecular flexibility index (Phi) is 3.53. The Morgan fingerprint density at radius 2 is 2.33 bits per heavy atom. The first-order valence-electron chi connectivity index (χ1n) is 5.48. The number of amides is 1. The molecule has 0 aliphatic rings. The van der Waals surface area contributed by atoms with Gasteiger partial charge in [0, 0.05) is 12.7 Å². The second-order valence-electron chi connectivity index (χ2n) is 3.77. The molecule has 6 heteroatoms. The highest BCUT2D eigenvalue weighted by atomic mass is 35.5. The molecule has 0 aromatic carbocycles. The first kappa shape index (κ1) is 12.4. The van der Waals surface area contributed by atoms with Gasteiger partial charge in [0.1, 0.15) is 10.8 Å². The molecule has 0 unspecified atom stereocenters. The van der Waals surface area contributed by atoms with Crippen molar-refractivity contribution in [2.75, 3.05) is 11.1 Å². The van der Waals surface area contributed by atoms with Crippen LogP contribution in [0.4, 0.5) is 11.4 Å². The zero-order valence-electron chi connectivity index (χ0n) is 9.85. The first-order chi connectivity index (χ1) is 8.60. The van der Waals surface area contributed by atoms with Gasteiger partial charge in [-0.1, -0.05) is 11.6 Å². The van der Waals surface area contributed by atoms with Crippen molar-refractivity contribution in [3.63, 3.8) is 0 Å². The molecule has 0 atom stereocenters. The third-order valence-corrected chi connectivity index (χ3v) is 2.70. The van der Waals surface area contributed by atoms with E-state index in [1.54, 1.807) is 29.0 Å². The van der Waals surface area contributed by atoms with Gasteiger partial charge in [-0.15, -0.1) is 0 Å². The molecule has 1 amide bonds. The molecule has 0 saturated heterocycles. The summed E-state index contributed by atoms with van der Waals surface area (Å²) >= 11 is 5.67. The average molecular weight is 265 g/mol. The summed E-state index contributed by atoms with van der Waals surface area (Å²) < 4.78 is 1.79. The normalized spacial score (nSPS) is 10.3. The highest BCUT2D eigenvalue weighted by Gasteiger charge is 2.12. The number of carbonyl (C=O) groups excluding carboxylic acids is 1. The lowest BCUT2D eigenvalue weighted by molar-refractivity contribution is 0.101. The molecule has 0 bridgehead atoms. The summed E-state index contributed by atoms with van der Waals surface area (Å²) in [5.41, 5.74) is 7.35. The minimum Gasteiger partial charge on any atom is -0.397 e. The van der Waals surface area contributed by atoms with Gasteiger partial charge in [0.2, 0.25) is 0 Å². The maximum absolute atomic E-state index is 12.0. The van der Waals surface area contributed by atoms with Crippen LogP contribution in [-0.4, -0.2) is 15.5 Å². The Balaban J connectivity index is 2.19. The lowest BCUT2D eigenvalue weighted by Gasteiger charge is -2.07. The van der Waals surface area contributed by atoms with E-state index in [1.165, 1.54) is 6.20 Å². The number of hydrogen-bond donors (Lipinski definition) is 2. The van der Waals surface area contributed by atoms with Crippen molar-refractivity contribution in [3.05, 3.63) is 41.4 Å². The van der Waals surface area contributed by atoms with Crippen molar-refractivity contribution >= 4 is 28.9 Å². The fourth-order valence-corrected chi connectivity index (χ4v) is 1.74. The fraction of sp³-hybridized carbons (Fsp3) is 0.167. The molecule has 0 saturated carbocycles. The van der Waals surface area contributed by atoms with Crippen molar-refractivity contribution in [1.82, 2.24) is 9.55 Å². The molecular weight excluding hydrogens is 252 g/mol. The Morgan fingerprint density at radius 3 is 2.94 bits per heavy atom. The molecule has 0 spiro atoms. The van der Waals surface area contributed by atoms with Crippen LogP contribution in [0.15, 0.2) is 30.6 Å². The number of carbonyl (C=O) groups is 1. The topological polar surface area (TPSA) is 72.9 Å². The maximum Gasteiger partial charge on any atom is 0.272 e. The summed E-state index contributed by atoms with van der Waals surface area (Å²) in [6.45, 7) is 2.62. The SMILES string of the molecule is CCn1cc(N)cc1C(=O)Nc1ccc(Cl)nc1. The van der Waals surface area contributed by atoms with Crippen molar-refractivity contribution < 1.29 is 4.79 Å². The zero-order valence-corrected chi connectivity index (χ0v) is 10.6. The van der Waals surface area contributed by atoms with Gasteiger partial charge in [0.15, 0.2) is 0 Å². The van der Waals surface area contributed by atoms with Crippen molar-refractivity contribution in [1.29, 1.82) is 0 Å². The van der Waals surface area contributed by atoms with Gasteiger partial charge >= 0.3 is 0 Å². The number of pyridine rings is 1. The number of halogens is 1. The molecule has 2 rings (SSSR count). The van der Waals surface area contributed by atoms with E-state index < -0.39 is 0 Å². The van der Waals surface area contributed by atoms with Crippen molar-refractivity contribution in [2.24, 2.45) is 0 Å². The third kappa shape index (κ3) is 2.62. The Bertz CT molecular complexity index is 562. The number of nitrogens with one attached hydrogen (secondary N) is 1. The molecule has 5 nitrogen and oxygen atoms in total. The second kappa shape index (κ2) is 5.10. The molecule has 2 heterocycles. The molecular formula is C12H13ClN4O. The van der Waals surface area contributed by atoms with Crippen LogP contribution in [0.2, 0.25) is 5.15 Å². The van der Waals surface area contributed by atoms with E-state index >= 15 is 0 Å². The van der Waals surface area contributed by atoms with Crippen LogP contribution in [0.25, 0.3) is 0 Å². The van der Waals surface area contributed by atoms with Crippen LogP contribution in [0.5, 0.6) is 0 Å². The third-order valence-electron chi connectivity index (χ3n) is 2.48. The highest BCUT2D eigenvalue weighted by Crippen LogP contribution is 2.14. The van der Waals surface area contributed by atoms with E-state index in [0.29, 0.717) is 28.8 Å². The molecule has 3 N–H and O–H groups in total. The number of aromatic nitrogens is 2. The minimum absolute atomic E-state index is 0.224. The predicted octanol–water partition coefficient (Wildman–Crippen LogP) is 2.39. The highest BCUT2D eigenvalue weighted by molar-refractivity contribution is 6.29. The largest absolute Gasteiger partial charge is 0.397 e. The Labute approximate surface area is 110 Å². The van der Waals surface area contributed by atoms with Crippen LogP contribution >= 0.6 is 11.6 Å². The molecule has 18 heavy (non-hydrogen) atoms. The van der Waals surface area contributed by atoms with Gasteiger partial charge in [0.25, 0.3) is 5.91 Å². The summed E-state index contributed by atoms with van der Waals surface area (Å²) in [7, 11) is 0. The quantitative estimate of drug-likeness (QED) is 0.836. The van der Waals surface area contributed by atoms with Gasteiger partial charge in [0.05, 0.1) is 17.6 Å². The summed E-state index contributed by atoms with van der Waals surface area (Å²) in [5.74, 6) is -0.224. The first-order valence-corrected chi connectivity index (χ1v) is 5.86. The fourth-order valence-electron chi connectivity index (χ4n) is 1.63. The van der Waals surface area contributed by atoms with Gasteiger partial charge < -0.3 is 15.6 Å². The van der Waals surface area contributed by atoms with Gasteiger partial charge in [-0.3, -0.25) is 4.79 Å². The average Bonchev–Trinajstić information content (AvgIpc) is 2.73. The van der Waals surface area contributed by atoms with E-state index in [4.69, 9.17) is 17.3 Å². The van der Waals surface area contributed by atoms with E-state index in [-0.39, 0.29) is 5.91 Å². The number of rotatable bonds is 3. The Morgan fingerprint density at radius 1 is 1.56 bits per heavy atom. The molecule has 0 radical (unpaired) electrons. The molecule has 2 aromatic rings. The zero-order chi connectivity index (χ0) is 13.1. The number of hydrogen-bond acceptors (Lipinski definition) is 3. The van der Waals surface area contributed by atoms with Crippen LogP contribution in [0, 0.1) is 0 Å². The van der Waals surface area contributed by atoms with Crippen LogP contribution in [0.1, 0.15) is 17.4 Å². The number of anilines is 2. The van der Waals surface area contributed by atoms with Gasteiger partial charge in [-0.05, 0) is 25.1 Å². The van der Waals surface area contributed by atoms with E-state index in [2.05, 4.69) is 10.3 Å². The van der Waals surface area contributed by atoms with E-state index in [9.17, 15) is 4.79 Å².